The lowest BCUT2D eigenvalue weighted by molar-refractivity contribution is -0.201. The van der Waals surface area contributed by atoms with Gasteiger partial charge in [0.25, 0.3) is 0 Å². The lowest BCUT2D eigenvalue weighted by atomic mass is 10.0. The third-order valence-electron chi connectivity index (χ3n) is 4.76. The molecule has 0 aromatic heterocycles. The molecule has 0 saturated heterocycles. The monoisotopic (exact) mass is 441 g/mol. The minimum absolute atomic E-state index is 0.184. The Bertz CT molecular complexity index is 659. The summed E-state index contributed by atoms with van der Waals surface area (Å²) in [5.74, 6) is -0.392. The highest BCUT2D eigenvalue weighted by molar-refractivity contribution is 5.89. The van der Waals surface area contributed by atoms with Gasteiger partial charge in [-0.15, -0.1) is 0 Å². The number of rotatable bonds is 14. The van der Waals surface area contributed by atoms with Crippen molar-refractivity contribution in [1.29, 1.82) is 0 Å². The molecule has 1 aromatic carbocycles. The zero-order chi connectivity index (χ0) is 23.4. The van der Waals surface area contributed by atoms with E-state index in [-0.39, 0.29) is 24.0 Å². The van der Waals surface area contributed by atoms with Crippen molar-refractivity contribution in [2.75, 3.05) is 13.6 Å². The van der Waals surface area contributed by atoms with Gasteiger partial charge in [-0.1, -0.05) is 31.9 Å². The van der Waals surface area contributed by atoms with E-state index in [0.717, 1.165) is 24.8 Å². The van der Waals surface area contributed by atoms with Gasteiger partial charge < -0.3 is 41.1 Å². The van der Waals surface area contributed by atoms with Crippen molar-refractivity contribution in [2.24, 2.45) is 0 Å². The Hall–Kier alpha value is -2.24. The summed E-state index contributed by atoms with van der Waals surface area (Å²) in [5.41, 5.74) is 0.726. The highest BCUT2D eigenvalue weighted by Crippen LogP contribution is 2.17. The molecule has 0 aliphatic carbocycles. The molecule has 2 amide bonds. The predicted octanol–water partition coefficient (Wildman–Crippen LogP) is -1.00. The molecule has 2 atom stereocenters. The summed E-state index contributed by atoms with van der Waals surface area (Å²) in [6.45, 7) is 4.29. The second-order valence-electron chi connectivity index (χ2n) is 7.33. The standard InChI is InChI=1S/C21H35N3O7/c1-4-5-6-11-23-19(26)16(24-18(25)13(2)22-3)12-14-7-9-15(10-8-14)31-17(20(27)28)21(29)30/h7-10,13,16-17,20-22,27-30H,4-6,11-12H2,1-3H3,(H,23,26)(H,24,25). The Morgan fingerprint density at radius 2 is 1.61 bits per heavy atom. The molecule has 0 spiro atoms. The smallest absolute Gasteiger partial charge is 0.242 e. The Labute approximate surface area is 182 Å². The first kappa shape index (κ1) is 26.8. The third kappa shape index (κ3) is 9.62. The molecule has 10 heteroatoms. The fraction of sp³-hybridized carbons (Fsp3) is 0.619. The van der Waals surface area contributed by atoms with Crippen LogP contribution in [0.25, 0.3) is 0 Å². The maximum atomic E-state index is 12.6. The van der Waals surface area contributed by atoms with Gasteiger partial charge >= 0.3 is 0 Å². The summed E-state index contributed by atoms with van der Waals surface area (Å²) in [4.78, 5) is 24.9. The molecule has 0 saturated carbocycles. The summed E-state index contributed by atoms with van der Waals surface area (Å²) in [7, 11) is 1.66. The summed E-state index contributed by atoms with van der Waals surface area (Å²) in [5, 5.41) is 45.1. The normalized spacial score (nSPS) is 13.4. The van der Waals surface area contributed by atoms with Crippen LogP contribution < -0.4 is 20.7 Å². The number of nitrogens with one attached hydrogen (secondary N) is 3. The molecule has 10 nitrogen and oxygen atoms in total. The van der Waals surface area contributed by atoms with Crippen LogP contribution in [0.1, 0.15) is 38.7 Å². The Morgan fingerprint density at radius 3 is 2.13 bits per heavy atom. The van der Waals surface area contributed by atoms with Crippen LogP contribution in [0.4, 0.5) is 0 Å². The van der Waals surface area contributed by atoms with Gasteiger partial charge in [-0.3, -0.25) is 9.59 Å². The Balaban J connectivity index is 2.84. The second-order valence-corrected chi connectivity index (χ2v) is 7.33. The molecule has 0 aliphatic heterocycles. The lowest BCUT2D eigenvalue weighted by Crippen LogP contribution is -2.52. The predicted molar refractivity (Wildman–Crippen MR) is 114 cm³/mol. The number of unbranched alkanes of at least 4 members (excludes halogenated alkanes) is 2. The molecule has 0 heterocycles. The highest BCUT2D eigenvalue weighted by atomic mass is 16.6. The van der Waals surface area contributed by atoms with Crippen LogP contribution in [0.2, 0.25) is 0 Å². The van der Waals surface area contributed by atoms with E-state index in [9.17, 15) is 9.59 Å². The molecular weight excluding hydrogens is 406 g/mol. The van der Waals surface area contributed by atoms with Gasteiger partial charge in [0.1, 0.15) is 11.8 Å². The fourth-order valence-electron chi connectivity index (χ4n) is 2.72. The molecule has 2 unspecified atom stereocenters. The number of amides is 2. The maximum absolute atomic E-state index is 12.6. The van der Waals surface area contributed by atoms with E-state index < -0.39 is 30.8 Å². The molecule has 176 valence electrons. The van der Waals surface area contributed by atoms with E-state index in [1.807, 2.05) is 0 Å². The van der Waals surface area contributed by atoms with Crippen molar-refractivity contribution < 1.29 is 34.8 Å². The van der Waals surface area contributed by atoms with E-state index in [1.54, 1.807) is 26.1 Å². The van der Waals surface area contributed by atoms with Crippen molar-refractivity contribution in [1.82, 2.24) is 16.0 Å². The Kier molecular flexibility index (Phi) is 12.1. The molecule has 1 aromatic rings. The van der Waals surface area contributed by atoms with Gasteiger partial charge in [0.05, 0.1) is 6.04 Å². The molecule has 7 N–H and O–H groups in total. The van der Waals surface area contributed by atoms with Crippen LogP contribution in [0.5, 0.6) is 5.75 Å². The van der Waals surface area contributed by atoms with Crippen molar-refractivity contribution in [3.05, 3.63) is 29.8 Å². The zero-order valence-electron chi connectivity index (χ0n) is 18.2. The molecule has 1 rings (SSSR count). The van der Waals surface area contributed by atoms with E-state index >= 15 is 0 Å². The van der Waals surface area contributed by atoms with Crippen molar-refractivity contribution in [3.8, 4) is 5.75 Å². The molecule has 0 fully saturated rings. The number of ether oxygens (including phenoxy) is 1. The molecular formula is C21H35N3O7. The SMILES string of the molecule is CCCCCNC(=O)C(Cc1ccc(OC(C(O)O)C(O)O)cc1)NC(=O)C(C)NC. The topological polar surface area (TPSA) is 160 Å². The van der Waals surface area contributed by atoms with Crippen molar-refractivity contribution >= 4 is 11.8 Å². The van der Waals surface area contributed by atoms with Crippen LogP contribution in [0, 0.1) is 0 Å². The van der Waals surface area contributed by atoms with Crippen molar-refractivity contribution in [2.45, 2.75) is 70.3 Å². The highest BCUT2D eigenvalue weighted by Gasteiger charge is 2.26. The number of carbonyl (C=O) groups is 2. The number of carbonyl (C=O) groups excluding carboxylic acids is 2. The quantitative estimate of drug-likeness (QED) is 0.143. The minimum atomic E-state index is -2.08. The van der Waals surface area contributed by atoms with Gasteiger partial charge in [0.2, 0.25) is 11.8 Å². The van der Waals surface area contributed by atoms with E-state index in [2.05, 4.69) is 22.9 Å². The number of aliphatic hydroxyl groups is 4. The molecule has 0 radical (unpaired) electrons. The van der Waals surface area contributed by atoms with Gasteiger partial charge in [-0.05, 0) is 38.1 Å². The fourth-order valence-corrected chi connectivity index (χ4v) is 2.72. The van der Waals surface area contributed by atoms with Crippen LogP contribution >= 0.6 is 0 Å². The third-order valence-corrected chi connectivity index (χ3v) is 4.76. The average molecular weight is 442 g/mol. The lowest BCUT2D eigenvalue weighted by Gasteiger charge is -2.23. The zero-order valence-corrected chi connectivity index (χ0v) is 18.2. The van der Waals surface area contributed by atoms with Gasteiger partial charge in [0.15, 0.2) is 18.7 Å². The summed E-state index contributed by atoms with van der Waals surface area (Å²) < 4.78 is 5.17. The van der Waals surface area contributed by atoms with Crippen LogP contribution in [0.15, 0.2) is 24.3 Å². The van der Waals surface area contributed by atoms with Gasteiger partial charge in [0, 0.05) is 13.0 Å². The average Bonchev–Trinajstić information content (AvgIpc) is 2.74. The number of likely N-dealkylation sites (N-methyl/N-ethyl adjacent to an activating group) is 1. The molecule has 31 heavy (non-hydrogen) atoms. The second kappa shape index (κ2) is 13.9. The number of hydrogen-bond donors (Lipinski definition) is 7. The van der Waals surface area contributed by atoms with Crippen LogP contribution in [-0.2, 0) is 16.0 Å². The van der Waals surface area contributed by atoms with E-state index in [1.165, 1.54) is 12.1 Å². The number of hydrogen-bond acceptors (Lipinski definition) is 8. The molecule has 0 bridgehead atoms. The summed E-state index contributed by atoms with van der Waals surface area (Å²) >= 11 is 0. The maximum Gasteiger partial charge on any atom is 0.242 e. The van der Waals surface area contributed by atoms with Gasteiger partial charge in [-0.2, -0.15) is 0 Å². The van der Waals surface area contributed by atoms with Crippen molar-refractivity contribution in [3.63, 3.8) is 0 Å². The summed E-state index contributed by atoms with van der Waals surface area (Å²) in [6.07, 6.45) is -2.66. The molecule has 0 aliphatic rings. The van der Waals surface area contributed by atoms with Gasteiger partial charge in [-0.25, -0.2) is 0 Å². The number of benzene rings is 1. The van der Waals surface area contributed by atoms with E-state index in [4.69, 9.17) is 25.2 Å². The summed E-state index contributed by atoms with van der Waals surface area (Å²) in [6, 6.07) is 5.05. The largest absolute Gasteiger partial charge is 0.480 e. The first-order chi connectivity index (χ1) is 14.7. The number of aliphatic hydroxyl groups excluding tert-OH is 2. The van der Waals surface area contributed by atoms with E-state index in [0.29, 0.717) is 6.54 Å². The first-order valence-corrected chi connectivity index (χ1v) is 10.4. The Morgan fingerprint density at radius 1 is 1.00 bits per heavy atom. The van der Waals surface area contributed by atoms with Crippen LogP contribution in [-0.4, -0.2) is 76.6 Å². The minimum Gasteiger partial charge on any atom is -0.480 e. The van der Waals surface area contributed by atoms with Crippen LogP contribution in [0.3, 0.4) is 0 Å². The first-order valence-electron chi connectivity index (χ1n) is 10.4.